The molecule has 1 aliphatic carbocycles. The van der Waals surface area contributed by atoms with E-state index in [4.69, 9.17) is 5.73 Å². The van der Waals surface area contributed by atoms with E-state index in [-0.39, 0.29) is 30.3 Å². The van der Waals surface area contributed by atoms with Crippen molar-refractivity contribution in [1.29, 1.82) is 0 Å². The fourth-order valence-electron chi connectivity index (χ4n) is 2.77. The van der Waals surface area contributed by atoms with Crippen molar-refractivity contribution < 1.29 is 4.79 Å². The minimum absolute atomic E-state index is 0. The number of nitrogens with one attached hydrogen (secondary N) is 1. The SMILES string of the molecule is Cc1cc(Sc2ncccn2)ccc1NC(=O)C1CCC(N)C1.Cl. The van der Waals surface area contributed by atoms with Crippen molar-refractivity contribution in [2.75, 3.05) is 5.32 Å². The lowest BCUT2D eigenvalue weighted by Gasteiger charge is -2.13. The van der Waals surface area contributed by atoms with Gasteiger partial charge in [-0.25, -0.2) is 9.97 Å². The minimum atomic E-state index is 0. The van der Waals surface area contributed by atoms with Gasteiger partial charge in [0.25, 0.3) is 0 Å². The van der Waals surface area contributed by atoms with Crippen molar-refractivity contribution >= 4 is 35.8 Å². The standard InChI is InChI=1S/C17H20N4OS.ClH/c1-11-9-14(23-17-19-7-2-8-20-17)5-6-15(11)21-16(22)12-3-4-13(18)10-12;/h2,5-9,12-13H,3-4,10,18H2,1H3,(H,21,22);1H. The fourth-order valence-corrected chi connectivity index (χ4v) is 3.58. The van der Waals surface area contributed by atoms with Gasteiger partial charge in [0.2, 0.25) is 5.91 Å². The highest BCUT2D eigenvalue weighted by molar-refractivity contribution is 7.99. The maximum absolute atomic E-state index is 12.3. The second-order valence-corrected chi connectivity index (χ2v) is 6.91. The molecule has 3 rings (SSSR count). The molecule has 3 N–H and O–H groups in total. The van der Waals surface area contributed by atoms with Crippen molar-refractivity contribution in [3.63, 3.8) is 0 Å². The number of amides is 1. The second kappa shape index (κ2) is 8.46. The van der Waals surface area contributed by atoms with Crippen LogP contribution in [0.2, 0.25) is 0 Å². The van der Waals surface area contributed by atoms with Gasteiger partial charge in [-0.2, -0.15) is 0 Å². The number of aromatic nitrogens is 2. The number of nitrogens with two attached hydrogens (primary N) is 1. The van der Waals surface area contributed by atoms with E-state index in [1.165, 1.54) is 11.8 Å². The number of anilines is 1. The van der Waals surface area contributed by atoms with Crippen molar-refractivity contribution in [2.24, 2.45) is 11.7 Å². The Hall–Kier alpha value is -1.63. The topological polar surface area (TPSA) is 80.9 Å². The summed E-state index contributed by atoms with van der Waals surface area (Å²) in [7, 11) is 0. The third-order valence-corrected chi connectivity index (χ3v) is 4.93. The zero-order valence-electron chi connectivity index (χ0n) is 13.4. The largest absolute Gasteiger partial charge is 0.328 e. The number of benzene rings is 1. The first-order chi connectivity index (χ1) is 11.1. The van der Waals surface area contributed by atoms with E-state index < -0.39 is 0 Å². The lowest BCUT2D eigenvalue weighted by Crippen LogP contribution is -2.23. The highest BCUT2D eigenvalue weighted by Gasteiger charge is 2.27. The molecule has 1 fully saturated rings. The summed E-state index contributed by atoms with van der Waals surface area (Å²) < 4.78 is 0. The Labute approximate surface area is 152 Å². The van der Waals surface area contributed by atoms with Crippen LogP contribution in [0.3, 0.4) is 0 Å². The van der Waals surface area contributed by atoms with Crippen molar-refractivity contribution in [3.05, 3.63) is 42.2 Å². The predicted octanol–water partition coefficient (Wildman–Crippen LogP) is 3.42. The molecule has 5 nitrogen and oxygen atoms in total. The van der Waals surface area contributed by atoms with Gasteiger partial charge in [0, 0.05) is 34.9 Å². The Morgan fingerprint density at radius 1 is 1.29 bits per heavy atom. The lowest BCUT2D eigenvalue weighted by atomic mass is 10.1. The quantitative estimate of drug-likeness (QED) is 0.812. The lowest BCUT2D eigenvalue weighted by molar-refractivity contribution is -0.119. The molecule has 24 heavy (non-hydrogen) atoms. The smallest absolute Gasteiger partial charge is 0.227 e. The number of carbonyl (C=O) groups is 1. The van der Waals surface area contributed by atoms with Gasteiger partial charge >= 0.3 is 0 Å². The van der Waals surface area contributed by atoms with Gasteiger partial charge in [0.05, 0.1) is 0 Å². The zero-order valence-corrected chi connectivity index (χ0v) is 15.1. The second-order valence-electron chi connectivity index (χ2n) is 5.87. The number of hydrogen-bond acceptors (Lipinski definition) is 5. The van der Waals surface area contributed by atoms with Crippen LogP contribution in [-0.2, 0) is 4.79 Å². The summed E-state index contributed by atoms with van der Waals surface area (Å²) in [4.78, 5) is 21.8. The summed E-state index contributed by atoms with van der Waals surface area (Å²) in [6.45, 7) is 1.99. The molecular weight excluding hydrogens is 344 g/mol. The molecule has 2 aromatic rings. The first-order valence-corrected chi connectivity index (χ1v) is 8.55. The average molecular weight is 365 g/mol. The van der Waals surface area contributed by atoms with E-state index in [1.54, 1.807) is 18.5 Å². The van der Waals surface area contributed by atoms with Gasteiger partial charge in [0.1, 0.15) is 0 Å². The maximum atomic E-state index is 12.3. The molecule has 1 aliphatic rings. The first-order valence-electron chi connectivity index (χ1n) is 7.74. The third-order valence-electron chi connectivity index (χ3n) is 4.05. The summed E-state index contributed by atoms with van der Waals surface area (Å²) in [6, 6.07) is 7.91. The van der Waals surface area contributed by atoms with Crippen LogP contribution in [0.15, 0.2) is 46.7 Å². The first kappa shape index (κ1) is 18.7. The molecule has 1 aromatic carbocycles. The number of hydrogen-bond donors (Lipinski definition) is 2. The molecule has 0 bridgehead atoms. The van der Waals surface area contributed by atoms with Crippen LogP contribution >= 0.6 is 24.2 Å². The van der Waals surface area contributed by atoms with E-state index in [0.29, 0.717) is 5.16 Å². The molecule has 2 unspecified atom stereocenters. The van der Waals surface area contributed by atoms with Crippen LogP contribution < -0.4 is 11.1 Å². The van der Waals surface area contributed by atoms with Gasteiger partial charge in [-0.15, -0.1) is 12.4 Å². The summed E-state index contributed by atoms with van der Waals surface area (Å²) in [5.74, 6) is 0.115. The maximum Gasteiger partial charge on any atom is 0.227 e. The Balaban J connectivity index is 0.00000208. The molecule has 2 atom stereocenters. The van der Waals surface area contributed by atoms with E-state index in [2.05, 4.69) is 15.3 Å². The van der Waals surface area contributed by atoms with Crippen LogP contribution in [0.5, 0.6) is 0 Å². The van der Waals surface area contributed by atoms with Crippen LogP contribution in [0.1, 0.15) is 24.8 Å². The Bertz CT molecular complexity index is 698. The molecule has 1 amide bonds. The molecule has 128 valence electrons. The van der Waals surface area contributed by atoms with Gasteiger partial charge in [-0.1, -0.05) is 0 Å². The fraction of sp³-hybridized carbons (Fsp3) is 0.353. The molecule has 1 saturated carbocycles. The molecule has 0 saturated heterocycles. The Morgan fingerprint density at radius 3 is 2.67 bits per heavy atom. The van der Waals surface area contributed by atoms with Gasteiger partial charge < -0.3 is 11.1 Å². The molecular formula is C17H21ClN4OS. The van der Waals surface area contributed by atoms with Crippen molar-refractivity contribution in [3.8, 4) is 0 Å². The highest BCUT2D eigenvalue weighted by atomic mass is 35.5. The molecule has 1 heterocycles. The predicted molar refractivity (Wildman–Crippen MR) is 98.5 cm³/mol. The number of aryl methyl sites for hydroxylation is 1. The van der Waals surface area contributed by atoms with Crippen molar-refractivity contribution in [1.82, 2.24) is 9.97 Å². The van der Waals surface area contributed by atoms with Crippen molar-refractivity contribution in [2.45, 2.75) is 42.3 Å². The van der Waals surface area contributed by atoms with E-state index >= 15 is 0 Å². The van der Waals surface area contributed by atoms with E-state index in [0.717, 1.165) is 35.4 Å². The third kappa shape index (κ3) is 4.69. The number of carbonyl (C=O) groups excluding carboxylic acids is 1. The monoisotopic (exact) mass is 364 g/mol. The van der Waals surface area contributed by atoms with E-state index in [1.807, 2.05) is 25.1 Å². The summed E-state index contributed by atoms with van der Waals surface area (Å²) >= 11 is 1.50. The molecule has 0 spiro atoms. The average Bonchev–Trinajstić information content (AvgIpc) is 2.98. The number of nitrogens with zero attached hydrogens (tertiary/aromatic N) is 2. The zero-order chi connectivity index (χ0) is 16.2. The van der Waals surface area contributed by atoms with Crippen LogP contribution in [0, 0.1) is 12.8 Å². The van der Waals surface area contributed by atoms with Crippen LogP contribution in [0.25, 0.3) is 0 Å². The Morgan fingerprint density at radius 2 is 2.04 bits per heavy atom. The number of rotatable bonds is 4. The molecule has 7 heteroatoms. The van der Waals surface area contributed by atoms with Gasteiger partial charge in [-0.3, -0.25) is 4.79 Å². The van der Waals surface area contributed by atoms with Crippen LogP contribution in [-0.4, -0.2) is 21.9 Å². The van der Waals surface area contributed by atoms with Crippen LogP contribution in [0.4, 0.5) is 5.69 Å². The summed E-state index contributed by atoms with van der Waals surface area (Å²) in [5, 5.41) is 3.74. The molecule has 0 aliphatic heterocycles. The normalized spacial score (nSPS) is 19.6. The molecule has 0 radical (unpaired) electrons. The highest BCUT2D eigenvalue weighted by Crippen LogP contribution is 2.29. The molecule has 1 aromatic heterocycles. The summed E-state index contributed by atoms with van der Waals surface area (Å²) in [6.07, 6.45) is 6.05. The van der Waals surface area contributed by atoms with E-state index in [9.17, 15) is 4.79 Å². The summed E-state index contributed by atoms with van der Waals surface area (Å²) in [5.41, 5.74) is 7.77. The van der Waals surface area contributed by atoms with Gasteiger partial charge in [-0.05, 0) is 67.8 Å². The van der Waals surface area contributed by atoms with Gasteiger partial charge in [0.15, 0.2) is 5.16 Å². The minimum Gasteiger partial charge on any atom is -0.328 e. The Kier molecular flexibility index (Phi) is 6.60. The number of halogens is 1.